The van der Waals surface area contributed by atoms with Gasteiger partial charge in [-0.25, -0.2) is 9.79 Å². The Bertz CT molecular complexity index is 2070. The molecule has 1 aliphatic heterocycles. The molecule has 1 atom stereocenters. The maximum absolute atomic E-state index is 14.4. The van der Waals surface area contributed by atoms with Gasteiger partial charge in [0.05, 0.1) is 42.2 Å². The van der Waals surface area contributed by atoms with Crippen LogP contribution in [0.15, 0.2) is 45.3 Å². The predicted molar refractivity (Wildman–Crippen MR) is 176 cm³/mol. The summed E-state index contributed by atoms with van der Waals surface area (Å²) in [6, 6.07) is 8.89. The van der Waals surface area contributed by atoms with E-state index in [1.165, 1.54) is 11.3 Å². The number of hydrogen-bond acceptors (Lipinski definition) is 9. The number of ether oxygens (including phenoxy) is 3. The van der Waals surface area contributed by atoms with Crippen molar-refractivity contribution in [2.45, 2.75) is 60.4 Å². The molecule has 0 amide bonds. The SMILES string of the molecule is CCCC1=C(C(=O)OCC)[C@@H](c2cc(OC)ccc2OC)n2c(s/c(=C\c3cc(C)n(-c4sc(C)c(C)c4C#N)c3C)c2=O)=N1. The van der Waals surface area contributed by atoms with Gasteiger partial charge in [0.1, 0.15) is 28.6 Å². The molecule has 0 unspecified atom stereocenters. The molecule has 0 spiro atoms. The van der Waals surface area contributed by atoms with E-state index >= 15 is 0 Å². The monoisotopic (exact) mass is 644 g/mol. The van der Waals surface area contributed by atoms with Crippen molar-refractivity contribution in [3.05, 3.63) is 93.7 Å². The van der Waals surface area contributed by atoms with E-state index < -0.39 is 12.0 Å². The van der Waals surface area contributed by atoms with Gasteiger partial charge in [0.15, 0.2) is 4.80 Å². The molecule has 3 aromatic heterocycles. The first kappa shape index (κ1) is 32.0. The average molecular weight is 645 g/mol. The molecule has 45 heavy (non-hydrogen) atoms. The van der Waals surface area contributed by atoms with Crippen molar-refractivity contribution in [3.63, 3.8) is 0 Å². The van der Waals surface area contributed by atoms with Crippen LogP contribution in [0.4, 0.5) is 0 Å². The Balaban J connectivity index is 1.78. The predicted octanol–water partition coefficient (Wildman–Crippen LogP) is 5.55. The summed E-state index contributed by atoms with van der Waals surface area (Å²) in [6.07, 6.45) is 3.15. The van der Waals surface area contributed by atoms with E-state index in [0.29, 0.717) is 49.7 Å². The molecule has 5 rings (SSSR count). The van der Waals surface area contributed by atoms with Crippen molar-refractivity contribution in [3.8, 4) is 22.6 Å². The van der Waals surface area contributed by atoms with Crippen molar-refractivity contribution >= 4 is 34.7 Å². The molecular weight excluding hydrogens is 609 g/mol. The first-order valence-corrected chi connectivity index (χ1v) is 16.4. The van der Waals surface area contributed by atoms with Crippen LogP contribution in [0.5, 0.6) is 11.5 Å². The smallest absolute Gasteiger partial charge is 0.338 e. The van der Waals surface area contributed by atoms with Gasteiger partial charge in [-0.05, 0) is 82.5 Å². The third-order valence-electron chi connectivity index (χ3n) is 8.06. The maximum Gasteiger partial charge on any atom is 0.338 e. The molecule has 234 valence electrons. The summed E-state index contributed by atoms with van der Waals surface area (Å²) in [5, 5.41) is 10.8. The molecule has 0 bridgehead atoms. The molecule has 1 aromatic carbocycles. The lowest BCUT2D eigenvalue weighted by atomic mass is 9.93. The second-order valence-electron chi connectivity index (χ2n) is 10.8. The summed E-state index contributed by atoms with van der Waals surface area (Å²) in [5.74, 6) is 0.550. The molecule has 1 aliphatic rings. The molecule has 9 nitrogen and oxygen atoms in total. The van der Waals surface area contributed by atoms with Crippen molar-refractivity contribution in [2.24, 2.45) is 4.99 Å². The van der Waals surface area contributed by atoms with Crippen molar-refractivity contribution < 1.29 is 19.0 Å². The third-order valence-corrected chi connectivity index (χ3v) is 10.2. The lowest BCUT2D eigenvalue weighted by Crippen LogP contribution is -2.40. The number of rotatable bonds is 9. The Labute approximate surface area is 270 Å². The number of allylic oxidation sites excluding steroid dienone is 1. The molecule has 0 saturated carbocycles. The number of aryl methyl sites for hydroxylation is 2. The molecule has 0 radical (unpaired) electrons. The molecular formula is C34H36N4O5S2. The number of nitrogens with zero attached hydrogens (tertiary/aromatic N) is 4. The van der Waals surface area contributed by atoms with Crippen LogP contribution in [0.3, 0.4) is 0 Å². The average Bonchev–Trinajstić information content (AvgIpc) is 3.59. The van der Waals surface area contributed by atoms with Gasteiger partial charge in [-0.2, -0.15) is 5.26 Å². The molecule has 4 aromatic rings. The quantitative estimate of drug-likeness (QED) is 0.221. The summed E-state index contributed by atoms with van der Waals surface area (Å²) in [4.78, 5) is 34.4. The normalized spacial score (nSPS) is 14.6. The molecule has 0 fully saturated rings. The summed E-state index contributed by atoms with van der Waals surface area (Å²) >= 11 is 2.86. The van der Waals surface area contributed by atoms with E-state index in [1.807, 2.05) is 46.8 Å². The van der Waals surface area contributed by atoms with Gasteiger partial charge in [-0.3, -0.25) is 9.36 Å². The number of benzene rings is 1. The zero-order valence-electron chi connectivity index (χ0n) is 26.7. The first-order chi connectivity index (χ1) is 21.6. The minimum atomic E-state index is -0.836. The van der Waals surface area contributed by atoms with Gasteiger partial charge in [-0.15, -0.1) is 11.3 Å². The number of nitriles is 1. The number of esters is 1. The van der Waals surface area contributed by atoms with E-state index in [2.05, 4.69) is 10.6 Å². The Morgan fingerprint density at radius 1 is 1.11 bits per heavy atom. The second kappa shape index (κ2) is 12.9. The van der Waals surface area contributed by atoms with Gasteiger partial charge in [-0.1, -0.05) is 24.7 Å². The molecule has 11 heteroatoms. The zero-order chi connectivity index (χ0) is 32.6. The number of thiazole rings is 1. The van der Waals surface area contributed by atoms with Gasteiger partial charge in [0.25, 0.3) is 5.56 Å². The van der Waals surface area contributed by atoms with Gasteiger partial charge in [0.2, 0.25) is 0 Å². The van der Waals surface area contributed by atoms with Crippen molar-refractivity contribution in [1.82, 2.24) is 9.13 Å². The topological polar surface area (TPSA) is 108 Å². The number of methoxy groups -OCH3 is 2. The highest BCUT2D eigenvalue weighted by Gasteiger charge is 2.36. The number of fused-ring (bicyclic) bond motifs is 1. The number of carbonyl (C=O) groups excluding carboxylic acids is 1. The summed E-state index contributed by atoms with van der Waals surface area (Å²) < 4.78 is 20.9. The van der Waals surface area contributed by atoms with Crippen LogP contribution in [-0.2, 0) is 9.53 Å². The van der Waals surface area contributed by atoms with E-state index in [1.54, 1.807) is 55.2 Å². The number of thiophene rings is 1. The fourth-order valence-electron chi connectivity index (χ4n) is 5.75. The van der Waals surface area contributed by atoms with E-state index in [9.17, 15) is 14.9 Å². The Hall–Kier alpha value is -4.40. The molecule has 4 heterocycles. The van der Waals surface area contributed by atoms with E-state index in [0.717, 1.165) is 38.8 Å². The first-order valence-electron chi connectivity index (χ1n) is 14.7. The van der Waals surface area contributed by atoms with Crippen LogP contribution in [0.2, 0.25) is 0 Å². The van der Waals surface area contributed by atoms with Gasteiger partial charge in [0, 0.05) is 21.8 Å². The Morgan fingerprint density at radius 3 is 2.51 bits per heavy atom. The van der Waals surface area contributed by atoms with Crippen LogP contribution in [0, 0.1) is 39.0 Å². The van der Waals surface area contributed by atoms with Crippen LogP contribution >= 0.6 is 22.7 Å². The van der Waals surface area contributed by atoms with Crippen LogP contribution < -0.4 is 24.4 Å². The van der Waals surface area contributed by atoms with Crippen LogP contribution in [0.1, 0.15) is 71.2 Å². The van der Waals surface area contributed by atoms with Gasteiger partial charge < -0.3 is 18.8 Å². The minimum Gasteiger partial charge on any atom is -0.497 e. The fraction of sp³-hybridized carbons (Fsp3) is 0.353. The number of carbonyl (C=O) groups is 1. The number of aromatic nitrogens is 2. The van der Waals surface area contributed by atoms with Crippen LogP contribution in [-0.4, -0.2) is 35.9 Å². The van der Waals surface area contributed by atoms with E-state index in [4.69, 9.17) is 19.2 Å². The van der Waals surface area contributed by atoms with Gasteiger partial charge >= 0.3 is 5.97 Å². The minimum absolute atomic E-state index is 0.181. The van der Waals surface area contributed by atoms with Crippen molar-refractivity contribution in [2.75, 3.05) is 20.8 Å². The second-order valence-corrected chi connectivity index (χ2v) is 13.0. The molecule has 0 saturated heterocycles. The lowest BCUT2D eigenvalue weighted by Gasteiger charge is -2.27. The third kappa shape index (κ3) is 5.53. The summed E-state index contributed by atoms with van der Waals surface area (Å²) in [7, 11) is 3.12. The molecule has 0 aliphatic carbocycles. The van der Waals surface area contributed by atoms with Crippen LogP contribution in [0.25, 0.3) is 11.1 Å². The maximum atomic E-state index is 14.4. The Morgan fingerprint density at radius 2 is 1.87 bits per heavy atom. The summed E-state index contributed by atoms with van der Waals surface area (Å²) in [6.45, 7) is 11.9. The number of hydrogen-bond donors (Lipinski definition) is 0. The largest absolute Gasteiger partial charge is 0.497 e. The van der Waals surface area contributed by atoms with Crippen molar-refractivity contribution in [1.29, 1.82) is 5.26 Å². The highest BCUT2D eigenvalue weighted by molar-refractivity contribution is 7.15. The highest BCUT2D eigenvalue weighted by atomic mass is 32.1. The lowest BCUT2D eigenvalue weighted by molar-refractivity contribution is -0.139. The Kier molecular flexibility index (Phi) is 9.18. The van der Waals surface area contributed by atoms with E-state index in [-0.39, 0.29) is 12.2 Å². The zero-order valence-corrected chi connectivity index (χ0v) is 28.4. The standard InChI is InChI=1S/C34H36N4O5S2/c1-9-11-26-29(33(40)43-10-2)30(24-16-23(41-7)12-13-27(24)42-8)38-31(39)28(45-34(38)36-26)15-22-14-18(3)37(20(22)5)32-25(17-35)19(4)21(6)44-32/h12-16,30H,9-11H2,1-8H3/b28-15-/t30-/m1/s1. The highest BCUT2D eigenvalue weighted by Crippen LogP contribution is 2.39. The fourth-order valence-corrected chi connectivity index (χ4v) is 7.98. The molecule has 0 N–H and O–H groups in total. The summed E-state index contributed by atoms with van der Waals surface area (Å²) in [5.41, 5.74) is 5.59.